The molecule has 1 saturated heterocycles. The Morgan fingerprint density at radius 3 is 1.95 bits per heavy atom. The van der Waals surface area contributed by atoms with Crippen molar-refractivity contribution in [3.05, 3.63) is 82.3 Å². The number of halogens is 4. The Hall–Kier alpha value is -3.69. The first-order valence-corrected chi connectivity index (χ1v) is 13.7. The molecular weight excluding hydrogens is 550 g/mol. The second-order valence-electron chi connectivity index (χ2n) is 11.3. The number of likely N-dealkylation sites (tertiary alicyclic amines) is 1. The molecule has 0 atom stereocenters. The topological polar surface area (TPSA) is 85.0 Å². The van der Waals surface area contributed by atoms with E-state index >= 15 is 0 Å². The van der Waals surface area contributed by atoms with Crippen LogP contribution in [-0.2, 0) is 22.3 Å². The lowest BCUT2D eigenvalue weighted by molar-refractivity contribution is -0.137. The van der Waals surface area contributed by atoms with Gasteiger partial charge in [0.2, 0.25) is 0 Å². The van der Waals surface area contributed by atoms with Crippen molar-refractivity contribution in [3.63, 3.8) is 0 Å². The quantitative estimate of drug-likeness (QED) is 0.290. The van der Waals surface area contributed by atoms with E-state index in [-0.39, 0.29) is 36.9 Å². The zero-order chi connectivity index (χ0) is 32.5. The van der Waals surface area contributed by atoms with Crippen molar-refractivity contribution in [2.75, 3.05) is 13.1 Å². The number of aliphatic imine (C=N–C) groups is 1. The molecule has 2 N–H and O–H groups in total. The molecule has 1 aliphatic rings. The zero-order valence-corrected chi connectivity index (χ0v) is 25.9. The highest BCUT2D eigenvalue weighted by atomic mass is 19.4. The Kier molecular flexibility index (Phi) is 13.0. The second kappa shape index (κ2) is 15.0. The Balaban J connectivity index is 0.000000748. The highest BCUT2D eigenvalue weighted by Gasteiger charge is 2.40. The minimum Gasteiger partial charge on any atom is -0.444 e. The number of nitrogens with zero attached hydrogens (tertiary/aromatic N) is 2. The molecule has 1 fully saturated rings. The zero-order valence-electron chi connectivity index (χ0n) is 25.9. The van der Waals surface area contributed by atoms with E-state index in [2.05, 4.69) is 4.99 Å². The first-order chi connectivity index (χ1) is 19.3. The predicted molar refractivity (Wildman–Crippen MR) is 159 cm³/mol. The number of ether oxygens (including phenoxy) is 1. The van der Waals surface area contributed by atoms with Gasteiger partial charge in [-0.05, 0) is 57.5 Å². The lowest BCUT2D eigenvalue weighted by Gasteiger charge is -2.41. The molecule has 2 aromatic rings. The van der Waals surface area contributed by atoms with Gasteiger partial charge in [-0.15, -0.1) is 0 Å². The summed E-state index contributed by atoms with van der Waals surface area (Å²) in [5.41, 5.74) is 6.62. The number of ketones is 1. The van der Waals surface area contributed by atoms with E-state index in [0.29, 0.717) is 16.8 Å². The van der Waals surface area contributed by atoms with E-state index in [1.165, 1.54) is 36.1 Å². The average Bonchev–Trinajstić information content (AvgIpc) is 2.88. The van der Waals surface area contributed by atoms with Crippen LogP contribution < -0.4 is 5.73 Å². The van der Waals surface area contributed by atoms with Crippen LogP contribution in [0.4, 0.5) is 22.4 Å². The molecule has 42 heavy (non-hydrogen) atoms. The number of hydrogen-bond acceptors (Lipinski definition) is 5. The second-order valence-corrected chi connectivity index (χ2v) is 11.3. The Labute approximate surface area is 246 Å². The molecular formula is C32H43F4N3O3. The summed E-state index contributed by atoms with van der Waals surface area (Å²) < 4.78 is 55.9. The van der Waals surface area contributed by atoms with Crippen LogP contribution in [0.25, 0.3) is 0 Å². The SMILES string of the molecule is CC.CC(=O)/C(N)=C1\CN(C(=O)OC(C)(C)C)CC(C)(C)C1=NCc1ccc(C(F)(F)F)cc1.Cc1ccc(F)cc1. The van der Waals surface area contributed by atoms with Crippen LogP contribution in [0.15, 0.2) is 64.8 Å². The molecule has 0 bridgehead atoms. The van der Waals surface area contributed by atoms with Gasteiger partial charge in [0.1, 0.15) is 11.4 Å². The number of amides is 1. The fraction of sp³-hybridized carbons (Fsp3) is 0.469. The molecule has 0 saturated carbocycles. The van der Waals surface area contributed by atoms with E-state index in [9.17, 15) is 27.2 Å². The van der Waals surface area contributed by atoms with E-state index in [1.54, 1.807) is 32.9 Å². The Bertz CT molecular complexity index is 1240. The third-order valence-corrected chi connectivity index (χ3v) is 5.93. The molecule has 0 aromatic heterocycles. The lowest BCUT2D eigenvalue weighted by atomic mass is 9.78. The van der Waals surface area contributed by atoms with Gasteiger partial charge in [-0.1, -0.05) is 57.5 Å². The van der Waals surface area contributed by atoms with Crippen LogP contribution in [0.3, 0.4) is 0 Å². The fourth-order valence-corrected chi connectivity index (χ4v) is 3.98. The summed E-state index contributed by atoms with van der Waals surface area (Å²) >= 11 is 0. The van der Waals surface area contributed by atoms with Gasteiger partial charge < -0.3 is 15.4 Å². The highest BCUT2D eigenvalue weighted by molar-refractivity contribution is 6.11. The number of carbonyl (C=O) groups is 2. The largest absolute Gasteiger partial charge is 0.444 e. The lowest BCUT2D eigenvalue weighted by Crippen LogP contribution is -2.52. The van der Waals surface area contributed by atoms with Crippen molar-refractivity contribution < 1.29 is 31.9 Å². The maximum Gasteiger partial charge on any atom is 0.416 e. The summed E-state index contributed by atoms with van der Waals surface area (Å²) in [5, 5.41) is 0. The van der Waals surface area contributed by atoms with E-state index in [0.717, 1.165) is 17.7 Å². The van der Waals surface area contributed by atoms with Crippen LogP contribution in [-0.4, -0.2) is 41.2 Å². The minimum atomic E-state index is -4.41. The number of aryl methyl sites for hydroxylation is 1. The summed E-state index contributed by atoms with van der Waals surface area (Å²) in [5.74, 6) is -0.528. The van der Waals surface area contributed by atoms with Gasteiger partial charge in [0.15, 0.2) is 5.78 Å². The number of benzene rings is 2. The van der Waals surface area contributed by atoms with Crippen LogP contribution in [0.1, 0.15) is 72.1 Å². The Morgan fingerprint density at radius 2 is 1.52 bits per heavy atom. The summed E-state index contributed by atoms with van der Waals surface area (Å²) in [7, 11) is 0. The number of allylic oxidation sites excluding steroid dienone is 1. The van der Waals surface area contributed by atoms with Crippen LogP contribution in [0.5, 0.6) is 0 Å². The van der Waals surface area contributed by atoms with Gasteiger partial charge in [0.25, 0.3) is 0 Å². The number of piperidine rings is 1. The standard InChI is InChI=1S/C23H30F3N3O3.C7H7F.C2H6/c1-14(30)18(27)17-12-29(20(31)32-21(2,3)4)13-22(5,6)19(17)28-11-15-7-9-16(10-8-15)23(24,25)26;1-6-2-4-7(8)5-3-6;1-2/h7-10H,11-13,27H2,1-6H3;2-5H,1H3;1-2H3/b18-17-,28-19?;;. The molecule has 3 rings (SSSR count). The molecule has 10 heteroatoms. The molecule has 0 spiro atoms. The van der Waals surface area contributed by atoms with Gasteiger partial charge in [0, 0.05) is 30.2 Å². The van der Waals surface area contributed by atoms with Crippen molar-refractivity contribution in [2.24, 2.45) is 16.1 Å². The third-order valence-electron chi connectivity index (χ3n) is 5.93. The van der Waals surface area contributed by atoms with Crippen molar-refractivity contribution in [1.29, 1.82) is 0 Å². The highest BCUT2D eigenvalue weighted by Crippen LogP contribution is 2.33. The molecule has 0 radical (unpaired) electrons. The molecule has 1 heterocycles. The van der Waals surface area contributed by atoms with E-state index < -0.39 is 28.8 Å². The predicted octanol–water partition coefficient (Wildman–Crippen LogP) is 7.89. The van der Waals surface area contributed by atoms with Crippen LogP contribution in [0.2, 0.25) is 0 Å². The third kappa shape index (κ3) is 11.3. The Morgan fingerprint density at radius 1 is 1.00 bits per heavy atom. The fourth-order valence-electron chi connectivity index (χ4n) is 3.98. The molecule has 232 valence electrons. The van der Waals surface area contributed by atoms with Gasteiger partial charge in [-0.3, -0.25) is 9.79 Å². The summed E-state index contributed by atoms with van der Waals surface area (Å²) in [4.78, 5) is 30.8. The smallest absolute Gasteiger partial charge is 0.416 e. The van der Waals surface area contributed by atoms with Crippen LogP contribution >= 0.6 is 0 Å². The number of alkyl halides is 3. The number of carbonyl (C=O) groups excluding carboxylic acids is 2. The average molecular weight is 594 g/mol. The maximum atomic E-state index is 12.8. The number of rotatable bonds is 3. The van der Waals surface area contributed by atoms with Crippen molar-refractivity contribution in [2.45, 2.75) is 80.6 Å². The summed E-state index contributed by atoms with van der Waals surface area (Å²) in [6.45, 7) is 16.7. The number of nitrogens with two attached hydrogens (primary N) is 1. The monoisotopic (exact) mass is 593 g/mol. The van der Waals surface area contributed by atoms with E-state index in [1.807, 2.05) is 34.6 Å². The molecule has 1 aliphatic heterocycles. The first-order valence-electron chi connectivity index (χ1n) is 13.7. The minimum absolute atomic E-state index is 0.00231. The van der Waals surface area contributed by atoms with Gasteiger partial charge >= 0.3 is 12.3 Å². The molecule has 6 nitrogen and oxygen atoms in total. The first kappa shape index (κ1) is 36.3. The van der Waals surface area contributed by atoms with Gasteiger partial charge in [-0.25, -0.2) is 9.18 Å². The molecule has 0 unspecified atom stereocenters. The number of Topliss-reactive ketones (excluding diaryl/α,β-unsaturated/α-hetero) is 1. The van der Waals surface area contributed by atoms with Crippen LogP contribution in [0, 0.1) is 18.2 Å². The van der Waals surface area contributed by atoms with Gasteiger partial charge in [-0.2, -0.15) is 13.2 Å². The summed E-state index contributed by atoms with van der Waals surface area (Å²) in [6.07, 6.45) is -4.94. The maximum absolute atomic E-state index is 12.8. The number of hydrogen-bond donors (Lipinski definition) is 1. The molecule has 2 aromatic carbocycles. The van der Waals surface area contributed by atoms with E-state index in [4.69, 9.17) is 10.5 Å². The summed E-state index contributed by atoms with van der Waals surface area (Å²) in [6, 6.07) is 11.1. The normalized spacial score (nSPS) is 16.9. The molecule has 0 aliphatic carbocycles. The van der Waals surface area contributed by atoms with Crippen molar-refractivity contribution >= 4 is 17.6 Å². The van der Waals surface area contributed by atoms with Gasteiger partial charge in [0.05, 0.1) is 24.4 Å². The molecule has 1 amide bonds. The van der Waals surface area contributed by atoms with Crippen molar-refractivity contribution in [3.8, 4) is 0 Å². The van der Waals surface area contributed by atoms with Crippen molar-refractivity contribution in [1.82, 2.24) is 4.90 Å².